The number of hydrogen-bond acceptors (Lipinski definition) is 3. The van der Waals surface area contributed by atoms with Crippen LogP contribution < -0.4 is 5.32 Å². The first kappa shape index (κ1) is 22.1. The van der Waals surface area contributed by atoms with Crippen molar-refractivity contribution in [1.82, 2.24) is 10.2 Å². The van der Waals surface area contributed by atoms with E-state index in [1.165, 1.54) is 23.5 Å². The molecule has 5 nitrogen and oxygen atoms in total. The number of carbonyl (C=O) groups excluding carboxylic acids is 2. The van der Waals surface area contributed by atoms with Gasteiger partial charge in [0.15, 0.2) is 0 Å². The van der Waals surface area contributed by atoms with Crippen LogP contribution in [-0.4, -0.2) is 41.1 Å². The smallest absolute Gasteiger partial charge is 0.353 e. The molecule has 0 bridgehead atoms. The number of hydrogen-bond donors (Lipinski definition) is 1. The second-order valence-corrected chi connectivity index (χ2v) is 8.93. The normalized spacial score (nSPS) is 24.4. The molecule has 2 aliphatic carbocycles. The lowest BCUT2D eigenvalue weighted by Crippen LogP contribution is -2.57. The van der Waals surface area contributed by atoms with Crippen LogP contribution in [0.25, 0.3) is 0 Å². The molecule has 8 heteroatoms. The van der Waals surface area contributed by atoms with E-state index >= 15 is 0 Å². The van der Waals surface area contributed by atoms with Crippen LogP contribution >= 0.6 is 0 Å². The maximum atomic E-state index is 13.5. The van der Waals surface area contributed by atoms with Gasteiger partial charge in [0.05, 0.1) is 12.2 Å². The third kappa shape index (κ3) is 4.59. The van der Waals surface area contributed by atoms with Crippen molar-refractivity contribution < 1.29 is 27.5 Å². The van der Waals surface area contributed by atoms with Crippen LogP contribution in [0.15, 0.2) is 24.3 Å². The van der Waals surface area contributed by atoms with Crippen molar-refractivity contribution in [1.29, 1.82) is 0 Å². The minimum absolute atomic E-state index is 0.104. The molecule has 1 N–H and O–H groups in total. The first-order chi connectivity index (χ1) is 14.8. The number of halogens is 3. The fourth-order valence-corrected chi connectivity index (χ4v) is 5.16. The Morgan fingerprint density at radius 3 is 2.19 bits per heavy atom. The average molecular weight is 438 g/mol. The van der Waals surface area contributed by atoms with Crippen LogP contribution in [0.4, 0.5) is 13.2 Å². The van der Waals surface area contributed by atoms with Crippen LogP contribution in [0, 0.1) is 0 Å². The zero-order chi connectivity index (χ0) is 22.1. The Balaban J connectivity index is 1.58. The van der Waals surface area contributed by atoms with Gasteiger partial charge < -0.3 is 10.1 Å². The molecular weight excluding hydrogens is 409 g/mol. The van der Waals surface area contributed by atoms with Gasteiger partial charge in [0, 0.05) is 11.6 Å². The van der Waals surface area contributed by atoms with Crippen LogP contribution in [0.5, 0.6) is 0 Å². The molecule has 1 aliphatic heterocycles. The molecule has 1 atom stereocenters. The van der Waals surface area contributed by atoms with Crippen molar-refractivity contribution in [3.8, 4) is 0 Å². The van der Waals surface area contributed by atoms with Gasteiger partial charge in [0.2, 0.25) is 5.91 Å². The lowest BCUT2D eigenvalue weighted by molar-refractivity contribution is -0.137. The molecule has 3 aliphatic rings. The summed E-state index contributed by atoms with van der Waals surface area (Å²) in [6.45, 7) is 0.116. The predicted molar refractivity (Wildman–Crippen MR) is 108 cm³/mol. The Labute approximate surface area is 180 Å². The minimum atomic E-state index is -4.47. The second kappa shape index (κ2) is 8.81. The van der Waals surface area contributed by atoms with Gasteiger partial charge >= 0.3 is 6.18 Å². The zero-order valence-corrected chi connectivity index (χ0v) is 17.5. The summed E-state index contributed by atoms with van der Waals surface area (Å²) in [6, 6.07) is 3.54. The number of ether oxygens (including phenoxy) is 1. The number of benzene rings is 1. The molecule has 2 saturated carbocycles. The molecule has 1 heterocycles. The van der Waals surface area contributed by atoms with Crippen LogP contribution in [0.1, 0.15) is 80.1 Å². The van der Waals surface area contributed by atoms with Gasteiger partial charge in [-0.15, -0.1) is 0 Å². The van der Waals surface area contributed by atoms with Gasteiger partial charge in [-0.25, -0.2) is 0 Å². The van der Waals surface area contributed by atoms with Crippen LogP contribution in [-0.2, 0) is 15.7 Å². The monoisotopic (exact) mass is 438 g/mol. The van der Waals surface area contributed by atoms with E-state index in [1.54, 1.807) is 0 Å². The minimum Gasteiger partial charge on any atom is -0.353 e. The SMILES string of the molecule is O=C(NC1CCCCC1)C1COC2(CCCCC2)N1C(=O)c1ccc(C(F)(F)F)cc1. The lowest BCUT2D eigenvalue weighted by atomic mass is 9.89. The molecule has 1 unspecified atom stereocenters. The van der Waals surface area contributed by atoms with Gasteiger partial charge in [-0.05, 0) is 62.8 Å². The van der Waals surface area contributed by atoms with Gasteiger partial charge in [-0.1, -0.05) is 25.7 Å². The van der Waals surface area contributed by atoms with Crippen molar-refractivity contribution in [3.05, 3.63) is 35.4 Å². The number of alkyl halides is 3. The quantitative estimate of drug-likeness (QED) is 0.747. The molecule has 1 spiro atoms. The molecule has 1 saturated heterocycles. The third-order valence-electron chi connectivity index (χ3n) is 6.83. The molecule has 1 aromatic carbocycles. The number of nitrogens with zero attached hydrogens (tertiary/aromatic N) is 1. The van der Waals surface area contributed by atoms with E-state index in [0.717, 1.165) is 57.1 Å². The zero-order valence-electron chi connectivity index (χ0n) is 17.5. The first-order valence-electron chi connectivity index (χ1n) is 11.3. The molecule has 0 radical (unpaired) electrons. The highest BCUT2D eigenvalue weighted by atomic mass is 19.4. The van der Waals surface area contributed by atoms with E-state index < -0.39 is 29.4 Å². The van der Waals surface area contributed by atoms with Crippen molar-refractivity contribution in [2.45, 2.75) is 88.2 Å². The van der Waals surface area contributed by atoms with Crippen molar-refractivity contribution in [3.63, 3.8) is 0 Å². The largest absolute Gasteiger partial charge is 0.416 e. The summed E-state index contributed by atoms with van der Waals surface area (Å²) in [7, 11) is 0. The van der Waals surface area contributed by atoms with Crippen LogP contribution in [0.2, 0.25) is 0 Å². The summed E-state index contributed by atoms with van der Waals surface area (Å²) in [5.74, 6) is -0.675. The standard InChI is InChI=1S/C23H29F3N2O3/c24-23(25,26)17-11-9-16(10-12-17)21(30)28-19(15-31-22(28)13-5-2-6-14-22)20(29)27-18-7-3-1-4-8-18/h9-12,18-19H,1-8,13-15H2,(H,27,29). The van der Waals surface area contributed by atoms with Crippen molar-refractivity contribution in [2.75, 3.05) is 6.61 Å². The fourth-order valence-electron chi connectivity index (χ4n) is 5.16. The summed E-state index contributed by atoms with van der Waals surface area (Å²) < 4.78 is 44.9. The molecular formula is C23H29F3N2O3. The Hall–Kier alpha value is -2.09. The van der Waals surface area contributed by atoms with E-state index in [-0.39, 0.29) is 24.1 Å². The molecule has 31 heavy (non-hydrogen) atoms. The van der Waals surface area contributed by atoms with E-state index in [4.69, 9.17) is 4.74 Å². The highest BCUT2D eigenvalue weighted by molar-refractivity contribution is 5.98. The van der Waals surface area contributed by atoms with Gasteiger partial charge in [0.25, 0.3) is 5.91 Å². The van der Waals surface area contributed by atoms with Crippen molar-refractivity contribution in [2.24, 2.45) is 0 Å². The number of rotatable bonds is 3. The summed E-state index contributed by atoms with van der Waals surface area (Å²) in [6.07, 6.45) is 4.77. The predicted octanol–water partition coefficient (Wildman–Crippen LogP) is 4.66. The third-order valence-corrected chi connectivity index (χ3v) is 6.83. The summed E-state index contributed by atoms with van der Waals surface area (Å²) in [5, 5.41) is 3.09. The highest BCUT2D eigenvalue weighted by Gasteiger charge is 2.53. The molecule has 3 fully saturated rings. The van der Waals surface area contributed by atoms with E-state index in [0.29, 0.717) is 12.8 Å². The molecule has 0 aromatic heterocycles. The van der Waals surface area contributed by atoms with Crippen molar-refractivity contribution >= 4 is 11.8 Å². The summed E-state index contributed by atoms with van der Waals surface area (Å²) >= 11 is 0. The molecule has 4 rings (SSSR count). The Morgan fingerprint density at radius 1 is 0.968 bits per heavy atom. The lowest BCUT2D eigenvalue weighted by Gasteiger charge is -2.41. The maximum absolute atomic E-state index is 13.5. The molecule has 170 valence electrons. The van der Waals surface area contributed by atoms with Gasteiger partial charge in [-0.2, -0.15) is 13.2 Å². The molecule has 2 amide bonds. The first-order valence-corrected chi connectivity index (χ1v) is 11.3. The summed E-state index contributed by atoms with van der Waals surface area (Å²) in [4.78, 5) is 28.1. The van der Waals surface area contributed by atoms with Gasteiger partial charge in [0.1, 0.15) is 11.8 Å². The number of nitrogens with one attached hydrogen (secondary N) is 1. The number of carbonyl (C=O) groups is 2. The topological polar surface area (TPSA) is 58.6 Å². The highest BCUT2D eigenvalue weighted by Crippen LogP contribution is 2.41. The Morgan fingerprint density at radius 2 is 1.58 bits per heavy atom. The Kier molecular flexibility index (Phi) is 6.28. The second-order valence-electron chi connectivity index (χ2n) is 8.93. The number of amides is 2. The van der Waals surface area contributed by atoms with Gasteiger partial charge in [-0.3, -0.25) is 14.5 Å². The van der Waals surface area contributed by atoms with Crippen LogP contribution in [0.3, 0.4) is 0 Å². The van der Waals surface area contributed by atoms with E-state index in [9.17, 15) is 22.8 Å². The van der Waals surface area contributed by atoms with E-state index in [1.807, 2.05) is 0 Å². The average Bonchev–Trinajstić information content (AvgIpc) is 3.12. The fraction of sp³-hybridized carbons (Fsp3) is 0.652. The van der Waals surface area contributed by atoms with E-state index in [2.05, 4.69) is 5.32 Å². The summed E-state index contributed by atoms with van der Waals surface area (Å²) in [5.41, 5.74) is -1.52. The Bertz CT molecular complexity index is 797. The molecule has 1 aromatic rings. The maximum Gasteiger partial charge on any atom is 0.416 e.